The number of aromatic nitrogens is 1. The molecule has 22 heavy (non-hydrogen) atoms. The molecule has 0 radical (unpaired) electrons. The minimum Gasteiger partial charge on any atom is -0.387 e. The van der Waals surface area contributed by atoms with E-state index in [2.05, 4.69) is 9.88 Å². The fourth-order valence-corrected chi connectivity index (χ4v) is 3.09. The highest BCUT2D eigenvalue weighted by atomic mass is 19.1. The van der Waals surface area contributed by atoms with Crippen LogP contribution in [0.3, 0.4) is 0 Å². The zero-order valence-corrected chi connectivity index (χ0v) is 12.5. The first-order valence-electron chi connectivity index (χ1n) is 7.79. The first-order chi connectivity index (χ1) is 10.7. The molecule has 1 N–H and O–H groups in total. The third kappa shape index (κ3) is 3.51. The molecule has 2 heterocycles. The van der Waals surface area contributed by atoms with E-state index in [0.29, 0.717) is 6.54 Å². The second kappa shape index (κ2) is 6.99. The number of aliphatic hydroxyl groups excluding tert-OH is 1. The number of nitrogens with zero attached hydrogens (tertiary/aromatic N) is 2. The maximum absolute atomic E-state index is 13.7. The molecule has 116 valence electrons. The summed E-state index contributed by atoms with van der Waals surface area (Å²) in [7, 11) is 0. The van der Waals surface area contributed by atoms with Crippen LogP contribution in [0, 0.1) is 11.7 Å². The third-order valence-electron chi connectivity index (χ3n) is 4.42. The second-order valence-corrected chi connectivity index (χ2v) is 5.90. The summed E-state index contributed by atoms with van der Waals surface area (Å²) >= 11 is 0. The van der Waals surface area contributed by atoms with Crippen molar-refractivity contribution in [2.45, 2.75) is 25.5 Å². The van der Waals surface area contributed by atoms with Crippen LogP contribution in [-0.2, 0) is 6.54 Å². The smallest absolute Gasteiger partial charge is 0.127 e. The lowest BCUT2D eigenvalue weighted by atomic mass is 9.89. The fourth-order valence-electron chi connectivity index (χ4n) is 3.09. The van der Waals surface area contributed by atoms with Crippen molar-refractivity contribution in [3.8, 4) is 0 Å². The van der Waals surface area contributed by atoms with E-state index in [-0.39, 0.29) is 11.7 Å². The van der Waals surface area contributed by atoms with Crippen molar-refractivity contribution in [3.05, 3.63) is 65.7 Å². The van der Waals surface area contributed by atoms with Crippen LogP contribution < -0.4 is 0 Å². The van der Waals surface area contributed by atoms with Crippen molar-refractivity contribution in [1.82, 2.24) is 9.88 Å². The Morgan fingerprint density at radius 1 is 1.14 bits per heavy atom. The lowest BCUT2D eigenvalue weighted by molar-refractivity contribution is 0.0537. The van der Waals surface area contributed by atoms with E-state index in [1.807, 2.05) is 30.3 Å². The fraction of sp³-hybridized carbons (Fsp3) is 0.389. The highest BCUT2D eigenvalue weighted by Crippen LogP contribution is 2.30. The number of hydrogen-bond donors (Lipinski definition) is 1. The summed E-state index contributed by atoms with van der Waals surface area (Å²) in [6.07, 6.45) is 3.03. The Balaban J connectivity index is 1.55. The van der Waals surface area contributed by atoms with Crippen molar-refractivity contribution in [3.63, 3.8) is 0 Å². The molecule has 1 aliphatic heterocycles. The summed E-state index contributed by atoms with van der Waals surface area (Å²) in [5, 5.41) is 10.4. The summed E-state index contributed by atoms with van der Waals surface area (Å²) in [4.78, 5) is 6.49. The molecule has 0 bridgehead atoms. The Morgan fingerprint density at radius 3 is 2.55 bits per heavy atom. The van der Waals surface area contributed by atoms with Gasteiger partial charge in [0.2, 0.25) is 0 Å². The van der Waals surface area contributed by atoms with Gasteiger partial charge in [0, 0.05) is 18.3 Å². The average molecular weight is 300 g/mol. The second-order valence-electron chi connectivity index (χ2n) is 5.90. The number of pyridine rings is 1. The SMILES string of the molecule is O[C@H](c1ccccn1)C1CCN(Cc2ccccc2F)CC1. The molecule has 3 rings (SSSR count). The van der Waals surface area contributed by atoms with Gasteiger partial charge < -0.3 is 5.11 Å². The Hall–Kier alpha value is -1.78. The quantitative estimate of drug-likeness (QED) is 0.942. The zero-order chi connectivity index (χ0) is 15.4. The number of aliphatic hydroxyl groups is 1. The number of hydrogen-bond acceptors (Lipinski definition) is 3. The topological polar surface area (TPSA) is 36.4 Å². The summed E-state index contributed by atoms with van der Waals surface area (Å²) < 4.78 is 13.7. The van der Waals surface area contributed by atoms with E-state index in [0.717, 1.165) is 37.2 Å². The van der Waals surface area contributed by atoms with E-state index < -0.39 is 6.10 Å². The van der Waals surface area contributed by atoms with Gasteiger partial charge in [-0.25, -0.2) is 4.39 Å². The number of benzene rings is 1. The average Bonchev–Trinajstić information content (AvgIpc) is 2.58. The first kappa shape index (κ1) is 15.1. The van der Waals surface area contributed by atoms with Gasteiger partial charge in [0.15, 0.2) is 0 Å². The lowest BCUT2D eigenvalue weighted by Gasteiger charge is -2.34. The zero-order valence-electron chi connectivity index (χ0n) is 12.5. The van der Waals surface area contributed by atoms with Gasteiger partial charge in [-0.2, -0.15) is 0 Å². The van der Waals surface area contributed by atoms with Crippen molar-refractivity contribution >= 4 is 0 Å². The minimum atomic E-state index is -0.503. The molecule has 0 saturated carbocycles. The van der Waals surface area contributed by atoms with E-state index >= 15 is 0 Å². The summed E-state index contributed by atoms with van der Waals surface area (Å²) in [6, 6.07) is 12.6. The molecular weight excluding hydrogens is 279 g/mol. The monoisotopic (exact) mass is 300 g/mol. The minimum absolute atomic E-state index is 0.141. The Labute approximate surface area is 130 Å². The Kier molecular flexibility index (Phi) is 4.80. The Morgan fingerprint density at radius 2 is 1.86 bits per heavy atom. The number of rotatable bonds is 4. The molecule has 1 aromatic carbocycles. The summed E-state index contributed by atoms with van der Waals surface area (Å²) in [6.45, 7) is 2.39. The van der Waals surface area contributed by atoms with Gasteiger partial charge in [0.05, 0.1) is 11.8 Å². The predicted molar refractivity (Wildman–Crippen MR) is 83.6 cm³/mol. The molecule has 1 saturated heterocycles. The van der Waals surface area contributed by atoms with Crippen LogP contribution in [0.25, 0.3) is 0 Å². The molecule has 3 nitrogen and oxygen atoms in total. The van der Waals surface area contributed by atoms with Crippen molar-refractivity contribution in [2.75, 3.05) is 13.1 Å². The molecule has 0 aliphatic carbocycles. The maximum Gasteiger partial charge on any atom is 0.127 e. The molecule has 1 aliphatic rings. The number of piperidine rings is 1. The number of halogens is 1. The normalized spacial score (nSPS) is 18.3. The number of likely N-dealkylation sites (tertiary alicyclic amines) is 1. The molecule has 2 aromatic rings. The van der Waals surface area contributed by atoms with Gasteiger partial charge >= 0.3 is 0 Å². The van der Waals surface area contributed by atoms with Crippen molar-refractivity contribution in [1.29, 1.82) is 0 Å². The lowest BCUT2D eigenvalue weighted by Crippen LogP contribution is -2.35. The van der Waals surface area contributed by atoms with Crippen LogP contribution >= 0.6 is 0 Å². The van der Waals surface area contributed by atoms with Gasteiger partial charge in [0.1, 0.15) is 5.82 Å². The van der Waals surface area contributed by atoms with Crippen LogP contribution in [0.4, 0.5) is 4.39 Å². The molecule has 4 heteroatoms. The Bertz CT molecular complexity index is 597. The van der Waals surface area contributed by atoms with Crippen molar-refractivity contribution < 1.29 is 9.50 Å². The third-order valence-corrected chi connectivity index (χ3v) is 4.42. The van der Waals surface area contributed by atoms with Gasteiger partial charge in [-0.05, 0) is 50.0 Å². The van der Waals surface area contributed by atoms with E-state index in [4.69, 9.17) is 0 Å². The molecule has 1 atom stereocenters. The molecule has 0 spiro atoms. The molecule has 1 aromatic heterocycles. The molecule has 1 fully saturated rings. The first-order valence-corrected chi connectivity index (χ1v) is 7.79. The maximum atomic E-state index is 13.7. The van der Waals surface area contributed by atoms with Crippen LogP contribution in [0.5, 0.6) is 0 Å². The van der Waals surface area contributed by atoms with Crippen LogP contribution in [-0.4, -0.2) is 28.1 Å². The molecular formula is C18H21FN2O. The van der Waals surface area contributed by atoms with Gasteiger partial charge in [-0.3, -0.25) is 9.88 Å². The summed E-state index contributed by atoms with van der Waals surface area (Å²) in [5.41, 5.74) is 1.49. The van der Waals surface area contributed by atoms with Gasteiger partial charge in [-0.15, -0.1) is 0 Å². The van der Waals surface area contributed by atoms with Crippen LogP contribution in [0.15, 0.2) is 48.7 Å². The summed E-state index contributed by atoms with van der Waals surface area (Å²) in [5.74, 6) is 0.0879. The largest absolute Gasteiger partial charge is 0.387 e. The highest BCUT2D eigenvalue weighted by molar-refractivity contribution is 5.17. The van der Waals surface area contributed by atoms with Crippen molar-refractivity contribution in [2.24, 2.45) is 5.92 Å². The predicted octanol–water partition coefficient (Wildman–Crippen LogP) is 3.17. The van der Waals surface area contributed by atoms with Gasteiger partial charge in [-0.1, -0.05) is 24.3 Å². The van der Waals surface area contributed by atoms with E-state index in [1.54, 1.807) is 12.3 Å². The van der Waals surface area contributed by atoms with E-state index in [1.165, 1.54) is 6.07 Å². The van der Waals surface area contributed by atoms with Crippen LogP contribution in [0.2, 0.25) is 0 Å². The highest BCUT2D eigenvalue weighted by Gasteiger charge is 2.27. The molecule has 0 amide bonds. The van der Waals surface area contributed by atoms with Crippen LogP contribution in [0.1, 0.15) is 30.2 Å². The van der Waals surface area contributed by atoms with E-state index in [9.17, 15) is 9.50 Å². The van der Waals surface area contributed by atoms with Gasteiger partial charge in [0.25, 0.3) is 0 Å². The molecule has 0 unspecified atom stereocenters. The standard InChI is InChI=1S/C18H21FN2O/c19-16-6-2-1-5-15(16)13-21-11-8-14(9-12-21)18(22)17-7-3-4-10-20-17/h1-7,10,14,18,22H,8-9,11-13H2/t18-/m0/s1.